The van der Waals surface area contributed by atoms with Crippen LogP contribution in [0.1, 0.15) is 5.56 Å². The zero-order valence-corrected chi connectivity index (χ0v) is 10.2. The second kappa shape index (κ2) is 3.94. The van der Waals surface area contributed by atoms with Gasteiger partial charge >= 0.3 is 0 Å². The lowest BCUT2D eigenvalue weighted by Crippen LogP contribution is -2.33. The SMILES string of the molecule is CN1N=C(c2ccc(Cl)cc2)N(C)C1S. The van der Waals surface area contributed by atoms with Crippen molar-refractivity contribution in [3.63, 3.8) is 0 Å². The highest BCUT2D eigenvalue weighted by atomic mass is 35.5. The van der Waals surface area contributed by atoms with Crippen LogP contribution in [0, 0.1) is 0 Å². The molecule has 0 bridgehead atoms. The van der Waals surface area contributed by atoms with Crippen LogP contribution < -0.4 is 0 Å². The standard InChI is InChI=1S/C10H12ClN3S/c1-13-9(12-14(2)10(13)15)7-3-5-8(11)6-4-7/h3-6,10,15H,1-2H3. The molecule has 1 aromatic carbocycles. The molecule has 0 aliphatic carbocycles. The molecule has 3 nitrogen and oxygen atoms in total. The van der Waals surface area contributed by atoms with Gasteiger partial charge in [-0.25, -0.2) is 0 Å². The minimum absolute atomic E-state index is 0.00400. The van der Waals surface area contributed by atoms with E-state index in [1.54, 1.807) is 0 Å². The van der Waals surface area contributed by atoms with E-state index in [4.69, 9.17) is 11.6 Å². The van der Waals surface area contributed by atoms with Gasteiger partial charge in [0.1, 0.15) is 0 Å². The first-order valence-corrected chi connectivity index (χ1v) is 5.47. The van der Waals surface area contributed by atoms with Crippen LogP contribution >= 0.6 is 24.2 Å². The molecule has 1 aliphatic rings. The van der Waals surface area contributed by atoms with Crippen LogP contribution in [0.2, 0.25) is 5.02 Å². The predicted octanol–water partition coefficient (Wildman–Crippen LogP) is 2.09. The van der Waals surface area contributed by atoms with Crippen molar-refractivity contribution in [2.75, 3.05) is 14.1 Å². The Bertz CT molecular complexity index is 390. The van der Waals surface area contributed by atoms with Crippen LogP contribution in [0.5, 0.6) is 0 Å². The molecule has 0 saturated carbocycles. The fourth-order valence-corrected chi connectivity index (χ4v) is 1.78. The maximum absolute atomic E-state index is 5.83. The molecule has 0 fully saturated rings. The molecule has 0 aromatic heterocycles. The van der Waals surface area contributed by atoms with Crippen LogP contribution in [0.15, 0.2) is 29.4 Å². The Kier molecular flexibility index (Phi) is 2.80. The minimum Gasteiger partial charge on any atom is -0.328 e. The maximum atomic E-state index is 5.83. The Morgan fingerprint density at radius 3 is 2.33 bits per heavy atom. The summed E-state index contributed by atoms with van der Waals surface area (Å²) >= 11 is 10.3. The summed E-state index contributed by atoms with van der Waals surface area (Å²) in [7, 11) is 3.87. The second-order valence-electron chi connectivity index (χ2n) is 3.46. The van der Waals surface area contributed by atoms with Crippen LogP contribution in [0.4, 0.5) is 0 Å². The third-order valence-electron chi connectivity index (χ3n) is 2.37. The summed E-state index contributed by atoms with van der Waals surface area (Å²) in [6, 6.07) is 7.63. The highest BCUT2D eigenvalue weighted by Crippen LogP contribution is 2.20. The van der Waals surface area contributed by atoms with Crippen molar-refractivity contribution in [1.29, 1.82) is 0 Å². The van der Waals surface area contributed by atoms with E-state index in [0.29, 0.717) is 0 Å². The summed E-state index contributed by atoms with van der Waals surface area (Å²) in [4.78, 5) is 2.01. The summed E-state index contributed by atoms with van der Waals surface area (Å²) in [5.74, 6) is 0.911. The quantitative estimate of drug-likeness (QED) is 0.760. The molecule has 80 valence electrons. The van der Waals surface area contributed by atoms with Gasteiger partial charge in [-0.2, -0.15) is 5.10 Å². The van der Waals surface area contributed by atoms with Crippen molar-refractivity contribution in [3.8, 4) is 0 Å². The third-order valence-corrected chi connectivity index (χ3v) is 3.30. The van der Waals surface area contributed by atoms with E-state index in [2.05, 4.69) is 17.7 Å². The number of halogens is 1. The van der Waals surface area contributed by atoms with Gasteiger partial charge in [-0.05, 0) is 24.3 Å². The van der Waals surface area contributed by atoms with E-state index < -0.39 is 0 Å². The maximum Gasteiger partial charge on any atom is 0.164 e. The van der Waals surface area contributed by atoms with Crippen molar-refractivity contribution in [3.05, 3.63) is 34.9 Å². The molecule has 0 N–H and O–H groups in total. The van der Waals surface area contributed by atoms with Gasteiger partial charge < -0.3 is 4.90 Å². The van der Waals surface area contributed by atoms with Crippen molar-refractivity contribution in [2.24, 2.45) is 5.10 Å². The first kappa shape index (κ1) is 10.6. The first-order valence-electron chi connectivity index (χ1n) is 4.58. The van der Waals surface area contributed by atoms with E-state index >= 15 is 0 Å². The van der Waals surface area contributed by atoms with Gasteiger partial charge in [-0.15, -0.1) is 12.6 Å². The monoisotopic (exact) mass is 241 g/mol. The van der Waals surface area contributed by atoms with Gasteiger partial charge in [0.15, 0.2) is 11.3 Å². The highest BCUT2D eigenvalue weighted by Gasteiger charge is 2.26. The van der Waals surface area contributed by atoms with Gasteiger partial charge in [0, 0.05) is 24.7 Å². The van der Waals surface area contributed by atoms with E-state index in [1.807, 2.05) is 48.3 Å². The number of benzene rings is 1. The summed E-state index contributed by atoms with van der Waals surface area (Å²) < 4.78 is 0. The van der Waals surface area contributed by atoms with Gasteiger partial charge in [0.05, 0.1) is 0 Å². The zero-order chi connectivity index (χ0) is 11.0. The molecule has 0 radical (unpaired) electrons. The van der Waals surface area contributed by atoms with E-state index in [1.165, 1.54) is 0 Å². The number of thiol groups is 1. The van der Waals surface area contributed by atoms with Crippen LogP contribution in [0.25, 0.3) is 0 Å². The second-order valence-corrected chi connectivity index (χ2v) is 4.36. The molecule has 5 heteroatoms. The average molecular weight is 242 g/mol. The minimum atomic E-state index is -0.00400. The number of hydrogen-bond donors (Lipinski definition) is 1. The molecule has 2 rings (SSSR count). The molecule has 15 heavy (non-hydrogen) atoms. The Morgan fingerprint density at radius 2 is 1.87 bits per heavy atom. The number of amidine groups is 1. The lowest BCUT2D eigenvalue weighted by Gasteiger charge is -2.21. The van der Waals surface area contributed by atoms with Crippen LogP contribution in [0.3, 0.4) is 0 Å². The van der Waals surface area contributed by atoms with Crippen LogP contribution in [-0.4, -0.2) is 35.3 Å². The molecule has 0 saturated heterocycles. The lowest BCUT2D eigenvalue weighted by atomic mass is 10.2. The summed E-state index contributed by atoms with van der Waals surface area (Å²) in [6.45, 7) is 0. The average Bonchev–Trinajstić information content (AvgIpc) is 2.47. The third kappa shape index (κ3) is 1.92. The summed E-state index contributed by atoms with van der Waals surface area (Å²) in [5, 5.41) is 6.95. The fourth-order valence-electron chi connectivity index (χ4n) is 1.49. The summed E-state index contributed by atoms with van der Waals surface area (Å²) in [5.41, 5.74) is 1.04. The number of nitrogens with zero attached hydrogens (tertiary/aromatic N) is 3. The number of rotatable bonds is 1. The van der Waals surface area contributed by atoms with Crippen molar-refractivity contribution in [1.82, 2.24) is 9.91 Å². The van der Waals surface area contributed by atoms with E-state index in [-0.39, 0.29) is 5.50 Å². The molecule has 1 atom stereocenters. The normalized spacial score (nSPS) is 20.8. The topological polar surface area (TPSA) is 18.8 Å². The van der Waals surface area contributed by atoms with Crippen molar-refractivity contribution in [2.45, 2.75) is 5.50 Å². The molecule has 0 amide bonds. The smallest absolute Gasteiger partial charge is 0.164 e. The van der Waals surface area contributed by atoms with Crippen molar-refractivity contribution >= 4 is 30.1 Å². The summed E-state index contributed by atoms with van der Waals surface area (Å²) in [6.07, 6.45) is 0. The zero-order valence-electron chi connectivity index (χ0n) is 8.55. The van der Waals surface area contributed by atoms with Gasteiger partial charge in [0.2, 0.25) is 0 Å². The van der Waals surface area contributed by atoms with E-state index in [9.17, 15) is 0 Å². The predicted molar refractivity (Wildman–Crippen MR) is 66.3 cm³/mol. The molecule has 0 spiro atoms. The largest absolute Gasteiger partial charge is 0.328 e. The van der Waals surface area contributed by atoms with Gasteiger partial charge in [-0.1, -0.05) is 11.6 Å². The Hall–Kier alpha value is -0.870. The van der Waals surface area contributed by atoms with Crippen LogP contribution in [-0.2, 0) is 0 Å². The Labute approximate surface area is 99.7 Å². The molecule has 1 heterocycles. The number of hydrazone groups is 1. The molecule has 1 unspecified atom stereocenters. The van der Waals surface area contributed by atoms with E-state index in [0.717, 1.165) is 16.4 Å². The number of hydrogen-bond acceptors (Lipinski definition) is 4. The Morgan fingerprint density at radius 1 is 1.27 bits per heavy atom. The van der Waals surface area contributed by atoms with Gasteiger partial charge in [0.25, 0.3) is 0 Å². The molecule has 1 aliphatic heterocycles. The molecule has 1 aromatic rings. The fraction of sp³-hybridized carbons (Fsp3) is 0.300. The highest BCUT2D eigenvalue weighted by molar-refractivity contribution is 7.80. The Balaban J connectivity index is 2.32. The molecular weight excluding hydrogens is 230 g/mol. The lowest BCUT2D eigenvalue weighted by molar-refractivity contribution is 0.270. The van der Waals surface area contributed by atoms with Crippen molar-refractivity contribution < 1.29 is 0 Å². The van der Waals surface area contributed by atoms with Gasteiger partial charge in [-0.3, -0.25) is 5.01 Å². The first-order chi connectivity index (χ1) is 7.09. The molecular formula is C10H12ClN3S.